The van der Waals surface area contributed by atoms with E-state index in [1.807, 2.05) is 0 Å². The fourth-order valence-corrected chi connectivity index (χ4v) is 4.71. The van der Waals surface area contributed by atoms with Gasteiger partial charge in [-0.2, -0.15) is 0 Å². The summed E-state index contributed by atoms with van der Waals surface area (Å²) in [6.07, 6.45) is 8.42. The van der Waals surface area contributed by atoms with Crippen LogP contribution in [0.5, 0.6) is 0 Å². The SMILES string of the molecule is CC1=C(C)CC2=C(C1)C(=O)C1CC=CCC21C(C)(C)C. The maximum atomic E-state index is 13.0. The molecule has 2 atom stereocenters. The largest absolute Gasteiger partial charge is 0.294 e. The molecule has 0 saturated heterocycles. The van der Waals surface area contributed by atoms with Crippen LogP contribution in [0.3, 0.4) is 0 Å². The number of fused-ring (bicyclic) bond motifs is 2. The molecule has 0 aliphatic heterocycles. The van der Waals surface area contributed by atoms with E-state index in [1.165, 1.54) is 16.7 Å². The van der Waals surface area contributed by atoms with E-state index in [-0.39, 0.29) is 16.7 Å². The van der Waals surface area contributed by atoms with Crippen LogP contribution < -0.4 is 0 Å². The molecule has 0 aromatic heterocycles. The Morgan fingerprint density at radius 2 is 1.75 bits per heavy atom. The van der Waals surface area contributed by atoms with Crippen molar-refractivity contribution in [3.63, 3.8) is 0 Å². The third-order valence-electron chi connectivity index (χ3n) is 6.04. The van der Waals surface area contributed by atoms with Gasteiger partial charge in [0.25, 0.3) is 0 Å². The summed E-state index contributed by atoms with van der Waals surface area (Å²) in [5.74, 6) is 0.641. The van der Waals surface area contributed by atoms with Crippen LogP contribution in [0.15, 0.2) is 34.4 Å². The number of hydrogen-bond acceptors (Lipinski definition) is 1. The summed E-state index contributed by atoms with van der Waals surface area (Å²) in [6.45, 7) is 11.4. The van der Waals surface area contributed by atoms with Gasteiger partial charge < -0.3 is 0 Å². The van der Waals surface area contributed by atoms with Gasteiger partial charge >= 0.3 is 0 Å². The lowest BCUT2D eigenvalue weighted by Gasteiger charge is -2.49. The maximum Gasteiger partial charge on any atom is 0.163 e. The molecule has 3 aliphatic carbocycles. The molecule has 3 rings (SSSR count). The molecule has 0 spiro atoms. The van der Waals surface area contributed by atoms with Crippen molar-refractivity contribution < 1.29 is 4.79 Å². The normalized spacial score (nSPS) is 33.6. The van der Waals surface area contributed by atoms with Crippen LogP contribution in [-0.2, 0) is 4.79 Å². The monoisotopic (exact) mass is 270 g/mol. The van der Waals surface area contributed by atoms with E-state index >= 15 is 0 Å². The third-order valence-corrected chi connectivity index (χ3v) is 6.04. The van der Waals surface area contributed by atoms with E-state index in [2.05, 4.69) is 46.8 Å². The molecule has 3 aliphatic rings. The lowest BCUT2D eigenvalue weighted by atomic mass is 9.53. The Hall–Kier alpha value is -1.11. The molecule has 0 aromatic carbocycles. The Morgan fingerprint density at radius 1 is 1.10 bits per heavy atom. The molecule has 0 bridgehead atoms. The molecule has 0 amide bonds. The molecule has 108 valence electrons. The summed E-state index contributed by atoms with van der Waals surface area (Å²) in [5.41, 5.74) is 5.74. The van der Waals surface area contributed by atoms with Crippen molar-refractivity contribution in [1.29, 1.82) is 0 Å². The maximum absolute atomic E-state index is 13.0. The summed E-state index contributed by atoms with van der Waals surface area (Å²) >= 11 is 0. The number of allylic oxidation sites excluding steroid dienone is 6. The van der Waals surface area contributed by atoms with Crippen LogP contribution in [0.1, 0.15) is 60.3 Å². The first-order chi connectivity index (χ1) is 9.29. The number of carbonyl (C=O) groups excluding carboxylic acids is 1. The lowest BCUT2D eigenvalue weighted by molar-refractivity contribution is -0.123. The second kappa shape index (κ2) is 4.19. The third kappa shape index (κ3) is 1.58. The van der Waals surface area contributed by atoms with Gasteiger partial charge in [-0.15, -0.1) is 0 Å². The molecule has 20 heavy (non-hydrogen) atoms. The van der Waals surface area contributed by atoms with Gasteiger partial charge in [0.1, 0.15) is 0 Å². The van der Waals surface area contributed by atoms with E-state index in [1.54, 1.807) is 0 Å². The summed E-state index contributed by atoms with van der Waals surface area (Å²) in [7, 11) is 0. The lowest BCUT2D eigenvalue weighted by Crippen LogP contribution is -2.44. The zero-order chi connectivity index (χ0) is 14.7. The Balaban J connectivity index is 2.18. The van der Waals surface area contributed by atoms with Crippen molar-refractivity contribution in [2.24, 2.45) is 16.7 Å². The molecule has 2 unspecified atom stereocenters. The topological polar surface area (TPSA) is 17.1 Å². The predicted molar refractivity (Wildman–Crippen MR) is 83.4 cm³/mol. The fraction of sp³-hybridized carbons (Fsp3) is 0.632. The van der Waals surface area contributed by atoms with Crippen LogP contribution in [0.2, 0.25) is 0 Å². The average Bonchev–Trinajstić information content (AvgIpc) is 2.62. The van der Waals surface area contributed by atoms with E-state index in [0.717, 1.165) is 31.3 Å². The fourth-order valence-electron chi connectivity index (χ4n) is 4.71. The highest BCUT2D eigenvalue weighted by molar-refractivity contribution is 6.03. The smallest absolute Gasteiger partial charge is 0.163 e. The zero-order valence-corrected chi connectivity index (χ0v) is 13.5. The molecule has 0 fully saturated rings. The standard InChI is InChI=1S/C19H26O/c1-12-10-14-16(11-13(12)2)19(18(3,4)5)9-7-6-8-15(19)17(14)20/h6-7,15H,8-11H2,1-5H3. The van der Waals surface area contributed by atoms with E-state index in [0.29, 0.717) is 5.78 Å². The quantitative estimate of drug-likeness (QED) is 0.566. The highest BCUT2D eigenvalue weighted by Crippen LogP contribution is 2.63. The van der Waals surface area contributed by atoms with Crippen molar-refractivity contribution in [2.75, 3.05) is 0 Å². The van der Waals surface area contributed by atoms with Crippen LogP contribution in [0, 0.1) is 16.7 Å². The number of carbonyl (C=O) groups is 1. The number of ketones is 1. The van der Waals surface area contributed by atoms with Crippen molar-refractivity contribution >= 4 is 5.78 Å². The van der Waals surface area contributed by atoms with Gasteiger partial charge in [-0.3, -0.25) is 4.79 Å². The minimum absolute atomic E-state index is 0.0656. The molecule has 0 radical (unpaired) electrons. The van der Waals surface area contributed by atoms with Crippen LogP contribution in [-0.4, -0.2) is 5.78 Å². The van der Waals surface area contributed by atoms with E-state index in [9.17, 15) is 4.79 Å². The van der Waals surface area contributed by atoms with E-state index < -0.39 is 0 Å². The Kier molecular flexibility index (Phi) is 2.90. The number of Topliss-reactive ketones (excluding diaryl/α,β-unsaturated/α-hetero) is 1. The first kappa shape index (κ1) is 13.9. The van der Waals surface area contributed by atoms with Gasteiger partial charge in [0.15, 0.2) is 5.78 Å². The van der Waals surface area contributed by atoms with Crippen LogP contribution in [0.25, 0.3) is 0 Å². The number of hydrogen-bond donors (Lipinski definition) is 0. The summed E-state index contributed by atoms with van der Waals surface area (Å²) in [4.78, 5) is 13.0. The van der Waals surface area contributed by atoms with Crippen molar-refractivity contribution in [2.45, 2.75) is 60.3 Å². The number of rotatable bonds is 0. The molecule has 1 nitrogen and oxygen atoms in total. The molecule has 0 heterocycles. The second-order valence-corrected chi connectivity index (χ2v) is 7.92. The molecular weight excluding hydrogens is 244 g/mol. The molecule has 0 aromatic rings. The van der Waals surface area contributed by atoms with Gasteiger partial charge in [-0.05, 0) is 50.5 Å². The van der Waals surface area contributed by atoms with Gasteiger partial charge in [0.05, 0.1) is 0 Å². The first-order valence-corrected chi connectivity index (χ1v) is 7.86. The minimum atomic E-state index is 0.0656. The molecule has 0 N–H and O–H groups in total. The summed E-state index contributed by atoms with van der Waals surface area (Å²) in [6, 6.07) is 0. The van der Waals surface area contributed by atoms with Crippen LogP contribution >= 0.6 is 0 Å². The summed E-state index contributed by atoms with van der Waals surface area (Å²) < 4.78 is 0. The Labute approximate surface area is 122 Å². The van der Waals surface area contributed by atoms with Crippen LogP contribution in [0.4, 0.5) is 0 Å². The second-order valence-electron chi connectivity index (χ2n) is 7.92. The minimum Gasteiger partial charge on any atom is -0.294 e. The molecule has 1 heteroatoms. The molecule has 0 saturated carbocycles. The Morgan fingerprint density at radius 3 is 2.40 bits per heavy atom. The van der Waals surface area contributed by atoms with Crippen molar-refractivity contribution in [1.82, 2.24) is 0 Å². The molecular formula is C19H26O. The summed E-state index contributed by atoms with van der Waals surface area (Å²) in [5, 5.41) is 0. The highest BCUT2D eigenvalue weighted by atomic mass is 16.1. The van der Waals surface area contributed by atoms with Gasteiger partial charge in [0, 0.05) is 11.3 Å². The Bertz CT molecular complexity index is 565. The van der Waals surface area contributed by atoms with Crippen molar-refractivity contribution in [3.8, 4) is 0 Å². The van der Waals surface area contributed by atoms with Crippen molar-refractivity contribution in [3.05, 3.63) is 34.4 Å². The zero-order valence-electron chi connectivity index (χ0n) is 13.5. The highest BCUT2D eigenvalue weighted by Gasteiger charge is 2.58. The van der Waals surface area contributed by atoms with E-state index in [4.69, 9.17) is 0 Å². The first-order valence-electron chi connectivity index (χ1n) is 7.86. The average molecular weight is 270 g/mol. The van der Waals surface area contributed by atoms with Gasteiger partial charge in [-0.25, -0.2) is 0 Å². The van der Waals surface area contributed by atoms with Gasteiger partial charge in [0.2, 0.25) is 0 Å². The predicted octanol–water partition coefficient (Wildman–Crippen LogP) is 4.99. The van der Waals surface area contributed by atoms with Gasteiger partial charge in [-0.1, -0.05) is 49.6 Å².